The zero-order valence-corrected chi connectivity index (χ0v) is 69.0. The average molecular weight is 1690 g/mol. The number of aliphatic carboxylic acids is 1. The van der Waals surface area contributed by atoms with Gasteiger partial charge in [0.2, 0.25) is 23.7 Å². The lowest BCUT2D eigenvalue weighted by Crippen LogP contribution is -2.42. The number of nitrogen functional groups attached to an aromatic ring is 1. The van der Waals surface area contributed by atoms with Gasteiger partial charge in [-0.3, -0.25) is 69.2 Å². The summed E-state index contributed by atoms with van der Waals surface area (Å²) in [6.45, 7) is 24.2. The normalized spacial score (nSPS) is 14.8. The molecule has 0 aliphatic carbocycles. The van der Waals surface area contributed by atoms with Crippen LogP contribution < -0.4 is 25.8 Å². The van der Waals surface area contributed by atoms with Crippen LogP contribution in [0.1, 0.15) is 129 Å². The van der Waals surface area contributed by atoms with Crippen LogP contribution in [-0.4, -0.2) is 222 Å². The lowest BCUT2D eigenvalue weighted by atomic mass is 9.81. The summed E-state index contributed by atoms with van der Waals surface area (Å²) in [6, 6.07) is 28.0. The molecule has 3 amide bonds. The van der Waals surface area contributed by atoms with E-state index in [2.05, 4.69) is 39.8 Å². The summed E-state index contributed by atoms with van der Waals surface area (Å²) < 4.78 is 53.3. The Balaban J connectivity index is 0.000000233. The highest BCUT2D eigenvalue weighted by molar-refractivity contribution is 6.06. The number of aromatic amines is 1. The van der Waals surface area contributed by atoms with Crippen LogP contribution in [0, 0.1) is 74.0 Å². The molecule has 12 rings (SSSR count). The van der Waals surface area contributed by atoms with Gasteiger partial charge in [-0.05, 0) is 151 Å². The number of amides is 3. The molecule has 0 radical (unpaired) electrons. The number of esters is 2. The first-order valence-corrected chi connectivity index (χ1v) is 38.2. The third-order valence-corrected chi connectivity index (χ3v) is 20.4. The van der Waals surface area contributed by atoms with E-state index < -0.39 is 54.8 Å². The number of fused-ring (bicyclic) bond motifs is 1. The number of carboxylic acid groups (broad SMARTS) is 1. The van der Waals surface area contributed by atoms with E-state index in [0.717, 1.165) is 91.9 Å². The zero-order valence-electron chi connectivity index (χ0n) is 69.0. The molecule has 8 aromatic rings. The van der Waals surface area contributed by atoms with Gasteiger partial charge in [-0.25, -0.2) is 9.37 Å². The number of nitro benzene ring substituents is 4. The van der Waals surface area contributed by atoms with Crippen molar-refractivity contribution in [2.24, 2.45) is 0 Å². The second kappa shape index (κ2) is 45.9. The molecule has 0 saturated carbocycles. The molecule has 121 heavy (non-hydrogen) atoms. The summed E-state index contributed by atoms with van der Waals surface area (Å²) >= 11 is 0. The second-order valence-electron chi connectivity index (χ2n) is 28.3. The van der Waals surface area contributed by atoms with Gasteiger partial charge in [0.25, 0.3) is 17.1 Å². The lowest BCUT2D eigenvalue weighted by molar-refractivity contribution is -0.385. The SMILES string of the molecule is C.COC(=O)C(C)(C(=O)OC)c1ccc([N+](=O)[O-])c(C)c1.COc1cc(C(C)C(=O)N2CCOCC2)ccc1Nc1nc(NC2CCOCC2)c2[nH]cnc2n1.COc1cc(F)ccc1[N+](=O)[O-].Cc1cc(C(C)C(=O)N2CCOCC2)ccc1N.Cc1cc(C(C)C(=O)N2CCOCC2)ccc1[N+](=O)[O-].Cc1cc(C(C)C(=O)O)ccc1[N+](=O)[O-]. The van der Waals surface area contributed by atoms with Gasteiger partial charge in [-0.15, -0.1) is 0 Å². The van der Waals surface area contributed by atoms with Gasteiger partial charge in [0, 0.05) is 111 Å². The number of hydrogen-bond acceptors (Lipinski definition) is 28. The quantitative estimate of drug-likeness (QED) is 0.0147. The van der Waals surface area contributed by atoms with Crippen LogP contribution in [0.4, 0.5) is 50.3 Å². The number of nitrogens with two attached hydrogens (primary N) is 1. The number of carbonyl (C=O) groups is 6. The summed E-state index contributed by atoms with van der Waals surface area (Å²) in [5.41, 5.74) is 12.7. The number of nitro groups is 4. The van der Waals surface area contributed by atoms with Crippen LogP contribution in [0.3, 0.4) is 0 Å². The van der Waals surface area contributed by atoms with E-state index >= 15 is 0 Å². The number of methoxy groups -OCH3 is 4. The maximum absolute atomic E-state index is 12.9. The van der Waals surface area contributed by atoms with Crippen molar-refractivity contribution < 1.29 is 95.9 Å². The number of anilines is 4. The molecule has 6 aromatic carbocycles. The van der Waals surface area contributed by atoms with Crippen molar-refractivity contribution in [3.05, 3.63) is 212 Å². The van der Waals surface area contributed by atoms with Crippen molar-refractivity contribution in [1.82, 2.24) is 34.6 Å². The van der Waals surface area contributed by atoms with Gasteiger partial charge in [-0.1, -0.05) is 43.8 Å². The van der Waals surface area contributed by atoms with Crippen LogP contribution >= 0.6 is 0 Å². The molecule has 4 aliphatic rings. The van der Waals surface area contributed by atoms with Crippen LogP contribution in [0.5, 0.6) is 11.5 Å². The Morgan fingerprint density at radius 2 is 0.934 bits per heavy atom. The second-order valence-corrected chi connectivity index (χ2v) is 28.3. The lowest BCUT2D eigenvalue weighted by Gasteiger charge is -2.29. The van der Waals surface area contributed by atoms with Gasteiger partial charge in [-0.2, -0.15) is 9.97 Å². The van der Waals surface area contributed by atoms with Gasteiger partial charge in [0.05, 0.1) is 123 Å². The van der Waals surface area contributed by atoms with Crippen molar-refractivity contribution in [2.75, 3.05) is 137 Å². The minimum absolute atomic E-state index is 0. The minimum atomic E-state index is -1.66. The molecule has 0 bridgehead atoms. The first-order chi connectivity index (χ1) is 57.1. The van der Waals surface area contributed by atoms with Crippen molar-refractivity contribution >= 4 is 92.7 Å². The summed E-state index contributed by atoms with van der Waals surface area (Å²) in [5.74, 6) is -2.51. The van der Waals surface area contributed by atoms with Crippen LogP contribution in [0.15, 0.2) is 116 Å². The minimum Gasteiger partial charge on any atom is -0.495 e. The molecule has 4 unspecified atom stereocenters. The fourth-order valence-electron chi connectivity index (χ4n) is 12.9. The van der Waals surface area contributed by atoms with Gasteiger partial charge < -0.3 is 79.1 Å². The third-order valence-electron chi connectivity index (χ3n) is 20.4. The monoisotopic (exact) mass is 1680 g/mol. The Bertz CT molecular complexity index is 4930. The number of carbonyl (C=O) groups excluding carboxylic acids is 5. The number of hydrogen-bond donors (Lipinski definition) is 5. The number of H-pyrrole nitrogens is 1. The van der Waals surface area contributed by atoms with Crippen molar-refractivity contribution in [1.29, 1.82) is 0 Å². The molecule has 4 fully saturated rings. The summed E-state index contributed by atoms with van der Waals surface area (Å²) in [6.07, 6.45) is 3.44. The number of morpholine rings is 3. The van der Waals surface area contributed by atoms with Gasteiger partial charge in [0.15, 0.2) is 22.6 Å². The molecule has 37 nitrogen and oxygen atoms in total. The van der Waals surface area contributed by atoms with Crippen molar-refractivity contribution in [3.63, 3.8) is 0 Å². The molecule has 0 spiro atoms. The Labute approximate surface area is 698 Å². The average Bonchev–Trinajstić information content (AvgIpc) is 1.14. The third kappa shape index (κ3) is 26.0. The topological polar surface area (TPSA) is 483 Å². The van der Waals surface area contributed by atoms with Crippen LogP contribution in [-0.2, 0) is 62.6 Å². The molecule has 6 N–H and O–H groups in total. The zero-order chi connectivity index (χ0) is 88.2. The maximum Gasteiger partial charge on any atom is 0.327 e. The molecular weight excluding hydrogens is 1580 g/mol. The number of nitrogens with zero attached hydrogens (tertiary/aromatic N) is 10. The molecule has 2 aromatic heterocycles. The standard InChI is InChI=1S/C24H31N7O4.C14H18N2O4.C14H20N2O2.C13H15NO6.C10H11NO4.C7H6FNO3.CH4/c1-15(23(32)31-7-11-35-12-8-31)16-3-4-18(19(13-16)33-2)28-24-29-21-20(25-14-26-21)22(30-24)27-17-5-9-34-10-6-17;1-10-9-12(3-4-13(10)16(18)19)11(2)14(17)15-5-7-20-8-6-15;1-10-9-12(3-4-13(10)15)11(2)14(17)16-5-7-18-8-6-16;1-8-7-9(5-6-10(8)14(17)18)13(2,11(15)19-3)12(16)20-4;1-6-5-8(7(2)10(12)13)3-4-9(6)11(14)15;1-12-7-4-5(8)2-3-6(7)9(10)11;/h3-4,13-15,17H,5-12H2,1-2H3,(H3,25,26,27,28,29,30);3-4,9,11H,5-8H2,1-2H3;3-4,9,11H,5-8,15H2,1-2H3;5-7H,1-4H3;3-5,7H,1-2H3,(H,12,13);2-4H,1H3;1H4. The number of halogens is 1. The number of benzene rings is 6. The number of nitrogens with one attached hydrogen (secondary N) is 3. The highest BCUT2D eigenvalue weighted by atomic mass is 19.1. The Kier molecular flexibility index (Phi) is 36.7. The number of rotatable bonds is 21. The van der Waals surface area contributed by atoms with Crippen LogP contribution in [0.25, 0.3) is 11.2 Å². The summed E-state index contributed by atoms with van der Waals surface area (Å²) in [5, 5.41) is 57.9. The first-order valence-electron chi connectivity index (χ1n) is 38.2. The predicted molar refractivity (Wildman–Crippen MR) is 446 cm³/mol. The van der Waals surface area contributed by atoms with E-state index in [1.165, 1.54) is 63.4 Å². The fourth-order valence-corrected chi connectivity index (χ4v) is 12.9. The molecule has 38 heteroatoms. The Morgan fingerprint density at radius 3 is 1.35 bits per heavy atom. The van der Waals surface area contributed by atoms with Gasteiger partial charge >= 0.3 is 23.6 Å². The molecule has 4 saturated heterocycles. The Morgan fingerprint density at radius 1 is 0.537 bits per heavy atom. The predicted octanol–water partition coefficient (Wildman–Crippen LogP) is 12.0. The number of aryl methyl sites for hydroxylation is 4. The molecule has 652 valence electrons. The number of ether oxygens (including phenoxy) is 8. The molecule has 4 aliphatic heterocycles. The van der Waals surface area contributed by atoms with E-state index in [0.29, 0.717) is 130 Å². The smallest absolute Gasteiger partial charge is 0.327 e. The molecule has 6 heterocycles. The highest BCUT2D eigenvalue weighted by Crippen LogP contribution is 2.36. The number of carboxylic acids is 1. The first kappa shape index (κ1) is 96.9. The van der Waals surface area contributed by atoms with Crippen molar-refractivity contribution in [3.8, 4) is 11.5 Å². The highest BCUT2D eigenvalue weighted by Gasteiger charge is 2.46. The van der Waals surface area contributed by atoms with Gasteiger partial charge in [0.1, 0.15) is 17.1 Å². The molecule has 4 atom stereocenters. The fraction of sp³-hybridized carbons (Fsp3) is 0.434. The largest absolute Gasteiger partial charge is 0.495 e. The van der Waals surface area contributed by atoms with Crippen molar-refractivity contribution in [2.45, 2.75) is 118 Å². The van der Waals surface area contributed by atoms with E-state index in [9.17, 15) is 73.6 Å². The van der Waals surface area contributed by atoms with E-state index in [1.54, 1.807) is 51.2 Å². The molecular formula is C83H105FN14O23. The van der Waals surface area contributed by atoms with Crippen LogP contribution in [0.2, 0.25) is 0 Å². The Hall–Kier alpha value is -12.9. The summed E-state index contributed by atoms with van der Waals surface area (Å²) in [7, 11) is 5.17. The van der Waals surface area contributed by atoms with E-state index in [1.807, 2.05) is 73.9 Å². The number of aromatic nitrogens is 4. The van der Waals surface area contributed by atoms with E-state index in [4.69, 9.17) is 39.5 Å². The number of imidazole rings is 1. The van der Waals surface area contributed by atoms with E-state index in [-0.39, 0.29) is 83.0 Å². The maximum atomic E-state index is 12.9. The summed E-state index contributed by atoms with van der Waals surface area (Å²) in [4.78, 5) is 135.